The van der Waals surface area contributed by atoms with Crippen molar-refractivity contribution >= 4 is 33.4 Å². The number of nitrogens with zero attached hydrogens (tertiary/aromatic N) is 4. The number of thioether (sulfide) groups is 1. The van der Waals surface area contributed by atoms with Crippen LogP contribution in [-0.4, -0.2) is 72.6 Å². The first-order chi connectivity index (χ1) is 16.8. The summed E-state index contributed by atoms with van der Waals surface area (Å²) < 4.78 is 39.6. The minimum atomic E-state index is -3.66. The van der Waals surface area contributed by atoms with Crippen molar-refractivity contribution in [2.45, 2.75) is 17.0 Å². The molecule has 0 unspecified atom stereocenters. The molecule has 0 bridgehead atoms. The molecule has 1 aliphatic rings. The Morgan fingerprint density at radius 3 is 2.54 bits per heavy atom. The molecule has 1 fully saturated rings. The fraction of sp³-hybridized carbons (Fsp3) is 0.348. The molecule has 1 aliphatic heterocycles. The normalized spacial score (nSPS) is 14.6. The van der Waals surface area contributed by atoms with E-state index in [9.17, 15) is 13.2 Å². The van der Waals surface area contributed by atoms with Crippen LogP contribution in [0.5, 0.6) is 5.75 Å². The van der Waals surface area contributed by atoms with Crippen LogP contribution in [0.2, 0.25) is 0 Å². The maximum atomic E-state index is 13.0. The van der Waals surface area contributed by atoms with Gasteiger partial charge in [0, 0.05) is 31.4 Å². The van der Waals surface area contributed by atoms with Crippen LogP contribution in [0, 0.1) is 6.92 Å². The van der Waals surface area contributed by atoms with Crippen LogP contribution in [-0.2, 0) is 26.6 Å². The van der Waals surface area contributed by atoms with Gasteiger partial charge in [-0.15, -0.1) is 10.2 Å². The summed E-state index contributed by atoms with van der Waals surface area (Å²) >= 11 is 1.25. The third-order valence-electron chi connectivity index (χ3n) is 5.61. The Kier molecular flexibility index (Phi) is 7.75. The SMILES string of the molecule is COc1ccc(-c2nnc(SCC(=O)Nc3cc(S(=O)(=O)N4CCOCC4)ccc3C)n2C)cc1. The molecule has 10 nitrogen and oxygen atoms in total. The lowest BCUT2D eigenvalue weighted by atomic mass is 10.2. The Morgan fingerprint density at radius 2 is 1.86 bits per heavy atom. The number of methoxy groups -OCH3 is 1. The van der Waals surface area contributed by atoms with E-state index >= 15 is 0 Å². The predicted molar refractivity (Wildman–Crippen MR) is 133 cm³/mol. The molecule has 1 aromatic heterocycles. The number of hydrogen-bond donors (Lipinski definition) is 1. The number of carbonyl (C=O) groups excluding carboxylic acids is 1. The molecule has 1 N–H and O–H groups in total. The van der Waals surface area contributed by atoms with Crippen LogP contribution < -0.4 is 10.1 Å². The summed E-state index contributed by atoms with van der Waals surface area (Å²) in [6.07, 6.45) is 0. The topological polar surface area (TPSA) is 116 Å². The zero-order valence-corrected chi connectivity index (χ0v) is 21.4. The van der Waals surface area contributed by atoms with Crippen molar-refractivity contribution in [3.63, 3.8) is 0 Å². The number of hydrogen-bond acceptors (Lipinski definition) is 8. The quantitative estimate of drug-likeness (QED) is 0.453. The zero-order valence-electron chi connectivity index (χ0n) is 19.7. The number of amides is 1. The first-order valence-corrected chi connectivity index (χ1v) is 13.4. The largest absolute Gasteiger partial charge is 0.497 e. The smallest absolute Gasteiger partial charge is 0.243 e. The van der Waals surface area contributed by atoms with E-state index in [1.165, 1.54) is 22.1 Å². The molecule has 1 saturated heterocycles. The fourth-order valence-corrected chi connectivity index (χ4v) is 5.73. The third-order valence-corrected chi connectivity index (χ3v) is 8.52. The van der Waals surface area contributed by atoms with E-state index < -0.39 is 10.0 Å². The molecule has 1 amide bonds. The van der Waals surface area contributed by atoms with Gasteiger partial charge in [0.25, 0.3) is 0 Å². The van der Waals surface area contributed by atoms with Crippen molar-refractivity contribution in [3.05, 3.63) is 48.0 Å². The van der Waals surface area contributed by atoms with E-state index in [1.807, 2.05) is 42.8 Å². The molecule has 4 rings (SSSR count). The average Bonchev–Trinajstić information content (AvgIpc) is 3.24. The molecule has 0 atom stereocenters. The number of sulfonamides is 1. The molecule has 0 spiro atoms. The first kappa shape index (κ1) is 25.2. The van der Waals surface area contributed by atoms with E-state index in [-0.39, 0.29) is 16.6 Å². The zero-order chi connectivity index (χ0) is 25.0. The van der Waals surface area contributed by atoms with Crippen LogP contribution in [0.15, 0.2) is 52.5 Å². The molecule has 0 saturated carbocycles. The van der Waals surface area contributed by atoms with Crippen LogP contribution in [0.4, 0.5) is 5.69 Å². The highest BCUT2D eigenvalue weighted by atomic mass is 32.2. The summed E-state index contributed by atoms with van der Waals surface area (Å²) in [6, 6.07) is 12.2. The summed E-state index contributed by atoms with van der Waals surface area (Å²) in [7, 11) is -0.212. The van der Waals surface area contributed by atoms with Crippen molar-refractivity contribution in [3.8, 4) is 17.1 Å². The molecule has 35 heavy (non-hydrogen) atoms. The van der Waals surface area contributed by atoms with Crippen LogP contribution in [0.3, 0.4) is 0 Å². The van der Waals surface area contributed by atoms with Crippen LogP contribution >= 0.6 is 11.8 Å². The average molecular weight is 518 g/mol. The number of aromatic nitrogens is 3. The number of ether oxygens (including phenoxy) is 2. The van der Waals surface area contributed by atoms with Gasteiger partial charge in [0.1, 0.15) is 5.75 Å². The highest BCUT2D eigenvalue weighted by Crippen LogP contribution is 2.26. The van der Waals surface area contributed by atoms with Gasteiger partial charge >= 0.3 is 0 Å². The Balaban J connectivity index is 1.42. The monoisotopic (exact) mass is 517 g/mol. The van der Waals surface area contributed by atoms with Crippen LogP contribution in [0.1, 0.15) is 5.56 Å². The predicted octanol–water partition coefficient (Wildman–Crippen LogP) is 2.55. The minimum absolute atomic E-state index is 0.0917. The van der Waals surface area contributed by atoms with Gasteiger partial charge in [-0.3, -0.25) is 4.79 Å². The third kappa shape index (κ3) is 5.67. The van der Waals surface area contributed by atoms with E-state index in [1.54, 1.807) is 19.2 Å². The second-order valence-electron chi connectivity index (χ2n) is 7.92. The van der Waals surface area contributed by atoms with E-state index in [0.717, 1.165) is 16.9 Å². The Labute approximate surface area is 208 Å². The maximum Gasteiger partial charge on any atom is 0.243 e. The number of nitrogens with one attached hydrogen (secondary N) is 1. The van der Waals surface area contributed by atoms with Gasteiger partial charge < -0.3 is 19.4 Å². The number of benzene rings is 2. The summed E-state index contributed by atoms with van der Waals surface area (Å²) in [6.45, 7) is 3.18. The van der Waals surface area contributed by atoms with Gasteiger partial charge in [0.05, 0.1) is 31.0 Å². The van der Waals surface area contributed by atoms with Crippen LogP contribution in [0.25, 0.3) is 11.4 Å². The van der Waals surface area contributed by atoms with E-state index in [0.29, 0.717) is 43.0 Å². The Bertz CT molecular complexity index is 1300. The summed E-state index contributed by atoms with van der Waals surface area (Å²) in [5, 5.41) is 11.9. The second kappa shape index (κ2) is 10.8. The number of morpholine rings is 1. The van der Waals surface area contributed by atoms with Crippen molar-refractivity contribution in [1.82, 2.24) is 19.1 Å². The molecule has 2 aromatic carbocycles. The van der Waals surface area contributed by atoms with Gasteiger partial charge in [-0.05, 0) is 48.9 Å². The van der Waals surface area contributed by atoms with Crippen molar-refractivity contribution in [2.75, 3.05) is 44.5 Å². The highest BCUT2D eigenvalue weighted by molar-refractivity contribution is 7.99. The van der Waals surface area contributed by atoms with Gasteiger partial charge in [0.2, 0.25) is 15.9 Å². The standard InChI is InChI=1S/C23H27N5O5S2/c1-16-4-9-19(35(30,31)28-10-12-33-13-11-28)14-20(16)24-21(29)15-34-23-26-25-22(27(23)2)17-5-7-18(32-3)8-6-17/h4-9,14H,10-13,15H2,1-3H3,(H,24,29). The molecule has 186 valence electrons. The second-order valence-corrected chi connectivity index (χ2v) is 10.8. The Morgan fingerprint density at radius 1 is 1.14 bits per heavy atom. The summed E-state index contributed by atoms with van der Waals surface area (Å²) in [5.74, 6) is 1.24. The lowest BCUT2D eigenvalue weighted by Crippen LogP contribution is -2.40. The maximum absolute atomic E-state index is 13.0. The van der Waals surface area contributed by atoms with Gasteiger partial charge in [-0.25, -0.2) is 8.42 Å². The van der Waals surface area contributed by atoms with E-state index in [2.05, 4.69) is 15.5 Å². The van der Waals surface area contributed by atoms with Gasteiger partial charge in [-0.1, -0.05) is 17.8 Å². The first-order valence-electron chi connectivity index (χ1n) is 10.9. The van der Waals surface area contributed by atoms with Gasteiger partial charge in [0.15, 0.2) is 11.0 Å². The molecular weight excluding hydrogens is 490 g/mol. The molecule has 0 radical (unpaired) electrons. The molecule has 3 aromatic rings. The summed E-state index contributed by atoms with van der Waals surface area (Å²) in [4.78, 5) is 12.8. The highest BCUT2D eigenvalue weighted by Gasteiger charge is 2.27. The molecule has 12 heteroatoms. The molecular formula is C23H27N5O5S2. The molecule has 2 heterocycles. The summed E-state index contributed by atoms with van der Waals surface area (Å²) in [5.41, 5.74) is 2.11. The fourth-order valence-electron chi connectivity index (χ4n) is 3.58. The minimum Gasteiger partial charge on any atom is -0.497 e. The lowest BCUT2D eigenvalue weighted by Gasteiger charge is -2.26. The Hall–Kier alpha value is -2.93. The van der Waals surface area contributed by atoms with Gasteiger partial charge in [-0.2, -0.15) is 4.31 Å². The van der Waals surface area contributed by atoms with Crippen molar-refractivity contribution in [2.24, 2.45) is 7.05 Å². The van der Waals surface area contributed by atoms with E-state index in [4.69, 9.17) is 9.47 Å². The van der Waals surface area contributed by atoms with Crippen molar-refractivity contribution < 1.29 is 22.7 Å². The number of anilines is 1. The number of rotatable bonds is 8. The molecule has 0 aliphatic carbocycles. The van der Waals surface area contributed by atoms with Crippen molar-refractivity contribution in [1.29, 1.82) is 0 Å². The number of carbonyl (C=O) groups is 1. The number of aryl methyl sites for hydroxylation is 1. The lowest BCUT2D eigenvalue weighted by molar-refractivity contribution is -0.113.